The summed E-state index contributed by atoms with van der Waals surface area (Å²) < 4.78 is 0. The number of anilines is 2. The van der Waals surface area contributed by atoms with Crippen molar-refractivity contribution in [3.05, 3.63) is 46.9 Å². The molecule has 1 heterocycles. The number of hydrogen-bond donors (Lipinski definition) is 2. The number of nitrogens with one attached hydrogen (secondary N) is 2. The van der Waals surface area contributed by atoms with Gasteiger partial charge in [0.25, 0.3) is 5.91 Å². The van der Waals surface area contributed by atoms with Gasteiger partial charge in [0.2, 0.25) is 0 Å². The van der Waals surface area contributed by atoms with Gasteiger partial charge in [-0.25, -0.2) is 9.97 Å². The predicted molar refractivity (Wildman–Crippen MR) is 85.0 cm³/mol. The van der Waals surface area contributed by atoms with E-state index in [0.29, 0.717) is 22.2 Å². The number of aryl methyl sites for hydroxylation is 1. The highest BCUT2D eigenvalue weighted by Gasteiger charge is 2.10. The van der Waals surface area contributed by atoms with E-state index in [9.17, 15) is 4.79 Å². The summed E-state index contributed by atoms with van der Waals surface area (Å²) in [6.45, 7) is 4.76. The third-order valence-electron chi connectivity index (χ3n) is 2.90. The van der Waals surface area contributed by atoms with E-state index < -0.39 is 0 Å². The SMILES string of the molecule is CCCNc1cc(C(=O)Nc2cc(Cl)ccc2C)ncn1. The molecule has 0 aliphatic carbocycles. The molecule has 0 saturated heterocycles. The highest BCUT2D eigenvalue weighted by atomic mass is 35.5. The Bertz CT molecular complexity index is 645. The Labute approximate surface area is 128 Å². The van der Waals surface area contributed by atoms with Crippen molar-refractivity contribution in [1.82, 2.24) is 9.97 Å². The standard InChI is InChI=1S/C15H17ClN4O/c1-3-6-17-14-8-13(18-9-19-14)15(21)20-12-7-11(16)5-4-10(12)2/h4-5,7-9H,3,6H2,1-2H3,(H,20,21)(H,17,18,19). The lowest BCUT2D eigenvalue weighted by Crippen LogP contribution is -2.15. The van der Waals surface area contributed by atoms with Crippen LogP contribution in [0, 0.1) is 6.92 Å². The number of carbonyl (C=O) groups excluding carboxylic acids is 1. The normalized spacial score (nSPS) is 10.2. The Morgan fingerprint density at radius 1 is 1.29 bits per heavy atom. The van der Waals surface area contributed by atoms with Gasteiger partial charge in [-0.1, -0.05) is 24.6 Å². The van der Waals surface area contributed by atoms with Crippen LogP contribution in [0.5, 0.6) is 0 Å². The second-order valence-corrected chi connectivity index (χ2v) is 5.07. The molecule has 2 N–H and O–H groups in total. The second-order valence-electron chi connectivity index (χ2n) is 4.63. The zero-order valence-electron chi connectivity index (χ0n) is 12.0. The molecule has 0 fully saturated rings. The fourth-order valence-electron chi connectivity index (χ4n) is 1.75. The Morgan fingerprint density at radius 2 is 2.10 bits per heavy atom. The maximum Gasteiger partial charge on any atom is 0.274 e. The van der Waals surface area contributed by atoms with Crippen molar-refractivity contribution in [3.8, 4) is 0 Å². The van der Waals surface area contributed by atoms with Crippen molar-refractivity contribution in [2.75, 3.05) is 17.2 Å². The predicted octanol–water partition coefficient (Wildman–Crippen LogP) is 3.51. The average molecular weight is 305 g/mol. The first-order chi connectivity index (χ1) is 10.1. The van der Waals surface area contributed by atoms with E-state index >= 15 is 0 Å². The van der Waals surface area contributed by atoms with Gasteiger partial charge in [-0.2, -0.15) is 0 Å². The Hall–Kier alpha value is -2.14. The molecule has 1 aromatic carbocycles. The summed E-state index contributed by atoms with van der Waals surface area (Å²) in [5.41, 5.74) is 1.92. The number of amides is 1. The minimum absolute atomic E-state index is 0.290. The van der Waals surface area contributed by atoms with Crippen LogP contribution in [-0.2, 0) is 0 Å². The summed E-state index contributed by atoms with van der Waals surface area (Å²) in [5, 5.41) is 6.50. The van der Waals surface area contributed by atoms with Crippen LogP contribution in [0.3, 0.4) is 0 Å². The average Bonchev–Trinajstić information content (AvgIpc) is 2.49. The van der Waals surface area contributed by atoms with Crippen molar-refractivity contribution in [2.45, 2.75) is 20.3 Å². The molecule has 0 unspecified atom stereocenters. The minimum Gasteiger partial charge on any atom is -0.370 e. The van der Waals surface area contributed by atoms with Gasteiger partial charge in [-0.3, -0.25) is 4.79 Å². The van der Waals surface area contributed by atoms with E-state index in [-0.39, 0.29) is 5.91 Å². The quantitative estimate of drug-likeness (QED) is 0.887. The number of rotatable bonds is 5. The van der Waals surface area contributed by atoms with Crippen molar-refractivity contribution >= 4 is 29.0 Å². The smallest absolute Gasteiger partial charge is 0.274 e. The number of halogens is 1. The van der Waals surface area contributed by atoms with Gasteiger partial charge in [0.1, 0.15) is 17.8 Å². The third kappa shape index (κ3) is 4.16. The molecule has 2 rings (SSSR count). The molecular weight excluding hydrogens is 288 g/mol. The number of aromatic nitrogens is 2. The maximum atomic E-state index is 12.2. The zero-order chi connectivity index (χ0) is 15.2. The van der Waals surface area contributed by atoms with Gasteiger partial charge in [-0.15, -0.1) is 0 Å². The fraction of sp³-hybridized carbons (Fsp3) is 0.267. The molecule has 110 valence electrons. The Kier molecular flexibility index (Phi) is 5.11. The van der Waals surface area contributed by atoms with E-state index in [2.05, 4.69) is 27.5 Å². The Morgan fingerprint density at radius 3 is 2.86 bits per heavy atom. The van der Waals surface area contributed by atoms with Crippen molar-refractivity contribution in [1.29, 1.82) is 0 Å². The topological polar surface area (TPSA) is 66.9 Å². The first kappa shape index (κ1) is 15.3. The van der Waals surface area contributed by atoms with E-state index in [4.69, 9.17) is 11.6 Å². The minimum atomic E-state index is -0.290. The molecule has 0 atom stereocenters. The van der Waals surface area contributed by atoms with Crippen LogP contribution >= 0.6 is 11.6 Å². The van der Waals surface area contributed by atoms with Crippen LogP contribution in [0.25, 0.3) is 0 Å². The molecule has 0 saturated carbocycles. The van der Waals surface area contributed by atoms with E-state index in [1.807, 2.05) is 13.0 Å². The summed E-state index contributed by atoms with van der Waals surface area (Å²) in [4.78, 5) is 20.3. The van der Waals surface area contributed by atoms with E-state index in [1.165, 1.54) is 6.33 Å². The molecule has 1 aromatic heterocycles. The van der Waals surface area contributed by atoms with Crippen LogP contribution in [0.15, 0.2) is 30.6 Å². The van der Waals surface area contributed by atoms with Crippen molar-refractivity contribution in [2.24, 2.45) is 0 Å². The van der Waals surface area contributed by atoms with Crippen molar-refractivity contribution < 1.29 is 4.79 Å². The summed E-state index contributed by atoms with van der Waals surface area (Å²) in [7, 11) is 0. The largest absolute Gasteiger partial charge is 0.370 e. The molecule has 0 radical (unpaired) electrons. The molecule has 21 heavy (non-hydrogen) atoms. The zero-order valence-corrected chi connectivity index (χ0v) is 12.7. The van der Waals surface area contributed by atoms with Crippen LogP contribution in [0.1, 0.15) is 29.4 Å². The first-order valence-electron chi connectivity index (χ1n) is 6.73. The summed E-state index contributed by atoms with van der Waals surface area (Å²) >= 11 is 5.94. The summed E-state index contributed by atoms with van der Waals surface area (Å²) in [6.07, 6.45) is 2.35. The van der Waals surface area contributed by atoms with Gasteiger partial charge in [0.05, 0.1) is 0 Å². The number of hydrogen-bond acceptors (Lipinski definition) is 4. The first-order valence-corrected chi connectivity index (χ1v) is 7.11. The monoisotopic (exact) mass is 304 g/mol. The van der Waals surface area contributed by atoms with Crippen LogP contribution < -0.4 is 10.6 Å². The number of nitrogens with zero attached hydrogens (tertiary/aromatic N) is 2. The van der Waals surface area contributed by atoms with Gasteiger partial charge in [0.15, 0.2) is 0 Å². The van der Waals surface area contributed by atoms with Crippen LogP contribution in [0.2, 0.25) is 5.02 Å². The lowest BCUT2D eigenvalue weighted by molar-refractivity contribution is 0.102. The van der Waals surface area contributed by atoms with Crippen LogP contribution in [0.4, 0.5) is 11.5 Å². The third-order valence-corrected chi connectivity index (χ3v) is 3.14. The van der Waals surface area contributed by atoms with Crippen molar-refractivity contribution in [3.63, 3.8) is 0 Å². The molecular formula is C15H17ClN4O. The molecule has 1 amide bonds. The number of benzene rings is 1. The Balaban J connectivity index is 2.14. The molecule has 0 aliphatic heterocycles. The highest BCUT2D eigenvalue weighted by molar-refractivity contribution is 6.31. The molecule has 5 nitrogen and oxygen atoms in total. The van der Waals surface area contributed by atoms with Crippen LogP contribution in [-0.4, -0.2) is 22.4 Å². The maximum absolute atomic E-state index is 12.2. The van der Waals surface area contributed by atoms with Gasteiger partial charge >= 0.3 is 0 Å². The molecule has 0 spiro atoms. The lowest BCUT2D eigenvalue weighted by atomic mass is 10.2. The lowest BCUT2D eigenvalue weighted by Gasteiger charge is -2.09. The molecule has 6 heteroatoms. The fourth-order valence-corrected chi connectivity index (χ4v) is 1.92. The second kappa shape index (κ2) is 7.04. The van der Waals surface area contributed by atoms with Gasteiger partial charge in [0, 0.05) is 23.3 Å². The molecule has 0 bridgehead atoms. The molecule has 2 aromatic rings. The number of carbonyl (C=O) groups is 1. The van der Waals surface area contributed by atoms with Gasteiger partial charge in [-0.05, 0) is 31.0 Å². The van der Waals surface area contributed by atoms with E-state index in [1.54, 1.807) is 18.2 Å². The van der Waals surface area contributed by atoms with E-state index in [0.717, 1.165) is 18.5 Å². The highest BCUT2D eigenvalue weighted by Crippen LogP contribution is 2.20. The van der Waals surface area contributed by atoms with Gasteiger partial charge < -0.3 is 10.6 Å². The summed E-state index contributed by atoms with van der Waals surface area (Å²) in [6, 6.07) is 6.98. The molecule has 0 aliphatic rings. The summed E-state index contributed by atoms with van der Waals surface area (Å²) in [5.74, 6) is 0.349.